The van der Waals surface area contributed by atoms with Gasteiger partial charge in [0.25, 0.3) is 0 Å². The number of hydrogen-bond donors (Lipinski definition) is 2. The average molecular weight is 386 g/mol. The van der Waals surface area contributed by atoms with Crippen molar-refractivity contribution < 1.29 is 4.79 Å². The molecule has 0 aliphatic heterocycles. The van der Waals surface area contributed by atoms with Gasteiger partial charge in [-0.1, -0.05) is 33.6 Å². The zero-order chi connectivity index (χ0) is 15.2. The lowest BCUT2D eigenvalue weighted by molar-refractivity contribution is -0.115. The Labute approximate surface area is 141 Å². The molecule has 0 fully saturated rings. The van der Waals surface area contributed by atoms with Gasteiger partial charge in [0.1, 0.15) is 0 Å². The van der Waals surface area contributed by atoms with Crippen LogP contribution in [0.3, 0.4) is 0 Å². The number of rotatable bonds is 5. The van der Waals surface area contributed by atoms with Crippen LogP contribution in [-0.4, -0.2) is 11.7 Å². The molecule has 0 radical (unpaired) electrons. The largest absolute Gasteiger partial charge is 0.398 e. The van der Waals surface area contributed by atoms with E-state index in [0.717, 1.165) is 9.37 Å². The number of hydrogen-bond acceptors (Lipinski definition) is 3. The van der Waals surface area contributed by atoms with Crippen molar-refractivity contribution in [2.75, 3.05) is 16.8 Å². The Balaban J connectivity index is 1.81. The molecule has 2 aromatic carbocycles. The maximum absolute atomic E-state index is 11.8. The monoisotopic (exact) mass is 384 g/mol. The molecule has 0 aliphatic rings. The topological polar surface area (TPSA) is 55.1 Å². The summed E-state index contributed by atoms with van der Waals surface area (Å²) < 4.78 is 0.947. The number of thioether (sulfide) groups is 1. The van der Waals surface area contributed by atoms with Gasteiger partial charge in [-0.15, -0.1) is 11.8 Å². The maximum Gasteiger partial charge on any atom is 0.225 e. The molecule has 0 aromatic heterocycles. The zero-order valence-electron chi connectivity index (χ0n) is 11.1. The third-order valence-corrected chi connectivity index (χ3v) is 4.49. The van der Waals surface area contributed by atoms with E-state index in [1.807, 2.05) is 24.3 Å². The van der Waals surface area contributed by atoms with E-state index < -0.39 is 0 Å². The van der Waals surface area contributed by atoms with Crippen molar-refractivity contribution in [3.63, 3.8) is 0 Å². The molecule has 2 aromatic rings. The summed E-state index contributed by atoms with van der Waals surface area (Å²) in [6, 6.07) is 12.8. The number of nitrogens with two attached hydrogens (primary N) is 1. The van der Waals surface area contributed by atoms with Gasteiger partial charge in [-0.3, -0.25) is 4.79 Å². The lowest BCUT2D eigenvalue weighted by atomic mass is 10.3. The molecule has 0 spiro atoms. The normalized spacial score (nSPS) is 10.4. The first kappa shape index (κ1) is 16.2. The average Bonchev–Trinajstić information content (AvgIpc) is 2.41. The minimum absolute atomic E-state index is 0.0413. The van der Waals surface area contributed by atoms with Crippen LogP contribution in [0.5, 0.6) is 0 Å². The first-order chi connectivity index (χ1) is 10.0. The van der Waals surface area contributed by atoms with Crippen LogP contribution in [0.25, 0.3) is 0 Å². The number of amides is 1. The number of benzene rings is 2. The summed E-state index contributed by atoms with van der Waals surface area (Å²) in [5.41, 5.74) is 7.33. The highest BCUT2D eigenvalue weighted by Gasteiger charge is 2.05. The van der Waals surface area contributed by atoms with Gasteiger partial charge >= 0.3 is 0 Å². The van der Waals surface area contributed by atoms with Gasteiger partial charge in [-0.25, -0.2) is 0 Å². The van der Waals surface area contributed by atoms with Crippen molar-refractivity contribution in [3.8, 4) is 0 Å². The van der Waals surface area contributed by atoms with Gasteiger partial charge in [0.05, 0.1) is 0 Å². The number of halogens is 2. The van der Waals surface area contributed by atoms with Crippen molar-refractivity contribution >= 4 is 56.6 Å². The third kappa shape index (κ3) is 5.26. The van der Waals surface area contributed by atoms with E-state index in [1.165, 1.54) is 0 Å². The van der Waals surface area contributed by atoms with Crippen LogP contribution >= 0.6 is 39.3 Å². The van der Waals surface area contributed by atoms with E-state index in [9.17, 15) is 4.79 Å². The molecule has 0 heterocycles. The summed E-state index contributed by atoms with van der Waals surface area (Å²) >= 11 is 10.8. The summed E-state index contributed by atoms with van der Waals surface area (Å²) in [6.07, 6.45) is 0.409. The second-order valence-electron chi connectivity index (χ2n) is 4.34. The molecule has 6 heteroatoms. The number of carbonyl (C=O) groups is 1. The standard InChI is InChI=1S/C15H14BrClN2OS/c16-10-4-5-14(13(18)8-10)21-7-6-15(20)19-12-3-1-2-11(17)9-12/h1-5,8-9H,6-7,18H2,(H,19,20). The minimum Gasteiger partial charge on any atom is -0.398 e. The van der Waals surface area contributed by atoms with Gasteiger partial charge in [-0.05, 0) is 36.4 Å². The van der Waals surface area contributed by atoms with Gasteiger partial charge in [0.15, 0.2) is 0 Å². The maximum atomic E-state index is 11.8. The summed E-state index contributed by atoms with van der Waals surface area (Å²) in [4.78, 5) is 12.8. The molecule has 1 amide bonds. The molecule has 110 valence electrons. The van der Waals surface area contributed by atoms with Gasteiger partial charge < -0.3 is 11.1 Å². The van der Waals surface area contributed by atoms with Gasteiger partial charge in [0, 0.05) is 37.9 Å². The fourth-order valence-electron chi connectivity index (χ4n) is 1.69. The molecular weight excluding hydrogens is 372 g/mol. The van der Waals surface area contributed by atoms with E-state index in [4.69, 9.17) is 17.3 Å². The lowest BCUT2D eigenvalue weighted by Crippen LogP contribution is -2.12. The number of nitrogen functional groups attached to an aromatic ring is 1. The lowest BCUT2D eigenvalue weighted by Gasteiger charge is -2.07. The minimum atomic E-state index is -0.0413. The molecule has 3 nitrogen and oxygen atoms in total. The van der Waals surface area contributed by atoms with Crippen molar-refractivity contribution in [3.05, 3.63) is 52.0 Å². The Kier molecular flexibility index (Phi) is 5.96. The molecule has 0 saturated heterocycles. The quantitative estimate of drug-likeness (QED) is 0.574. The highest BCUT2D eigenvalue weighted by Crippen LogP contribution is 2.28. The van der Waals surface area contributed by atoms with Crippen molar-refractivity contribution in [1.29, 1.82) is 0 Å². The number of carbonyl (C=O) groups excluding carboxylic acids is 1. The third-order valence-electron chi connectivity index (χ3n) is 2.67. The Morgan fingerprint density at radius 1 is 1.29 bits per heavy atom. The van der Waals surface area contributed by atoms with Crippen molar-refractivity contribution in [2.45, 2.75) is 11.3 Å². The highest BCUT2D eigenvalue weighted by atomic mass is 79.9. The van der Waals surface area contributed by atoms with Crippen LogP contribution in [0.15, 0.2) is 51.8 Å². The van der Waals surface area contributed by atoms with E-state index in [2.05, 4.69) is 21.2 Å². The van der Waals surface area contributed by atoms with E-state index in [-0.39, 0.29) is 5.91 Å². The van der Waals surface area contributed by atoms with Gasteiger partial charge in [0.2, 0.25) is 5.91 Å². The van der Waals surface area contributed by atoms with Crippen LogP contribution in [-0.2, 0) is 4.79 Å². The Morgan fingerprint density at radius 3 is 2.81 bits per heavy atom. The SMILES string of the molecule is Nc1cc(Br)ccc1SCCC(=O)Nc1cccc(Cl)c1. The smallest absolute Gasteiger partial charge is 0.225 e. The molecule has 0 unspecified atom stereocenters. The van der Waals surface area contributed by atoms with E-state index in [0.29, 0.717) is 28.6 Å². The van der Waals surface area contributed by atoms with Crippen LogP contribution in [0.1, 0.15) is 6.42 Å². The molecule has 2 rings (SSSR count). The number of anilines is 2. The fraction of sp³-hybridized carbons (Fsp3) is 0.133. The molecule has 0 bridgehead atoms. The zero-order valence-corrected chi connectivity index (χ0v) is 14.3. The predicted molar refractivity (Wildman–Crippen MR) is 94.0 cm³/mol. The Bertz CT molecular complexity index is 651. The predicted octanol–water partition coefficient (Wildman–Crippen LogP) is 4.81. The van der Waals surface area contributed by atoms with Crippen LogP contribution < -0.4 is 11.1 Å². The highest BCUT2D eigenvalue weighted by molar-refractivity contribution is 9.10. The Morgan fingerprint density at radius 2 is 2.10 bits per heavy atom. The summed E-state index contributed by atoms with van der Waals surface area (Å²) in [5, 5.41) is 3.42. The second kappa shape index (κ2) is 7.73. The first-order valence-electron chi connectivity index (χ1n) is 6.28. The summed E-state index contributed by atoms with van der Waals surface area (Å²) in [6.45, 7) is 0. The Hall–Kier alpha value is -1.17. The molecular formula is C15H14BrClN2OS. The van der Waals surface area contributed by atoms with Crippen molar-refractivity contribution in [2.24, 2.45) is 0 Å². The summed E-state index contributed by atoms with van der Waals surface area (Å²) in [7, 11) is 0. The molecule has 0 atom stereocenters. The van der Waals surface area contributed by atoms with E-state index >= 15 is 0 Å². The fourth-order valence-corrected chi connectivity index (χ4v) is 3.16. The second-order valence-corrected chi connectivity index (χ2v) is 6.83. The first-order valence-corrected chi connectivity index (χ1v) is 8.43. The van der Waals surface area contributed by atoms with Gasteiger partial charge in [-0.2, -0.15) is 0 Å². The number of nitrogens with one attached hydrogen (secondary N) is 1. The van der Waals surface area contributed by atoms with Crippen LogP contribution in [0, 0.1) is 0 Å². The molecule has 21 heavy (non-hydrogen) atoms. The molecule has 3 N–H and O–H groups in total. The van der Waals surface area contributed by atoms with Crippen LogP contribution in [0.2, 0.25) is 5.02 Å². The van der Waals surface area contributed by atoms with Crippen molar-refractivity contribution in [1.82, 2.24) is 0 Å². The molecule has 0 saturated carbocycles. The molecule has 0 aliphatic carbocycles. The van der Waals surface area contributed by atoms with E-state index in [1.54, 1.807) is 30.0 Å². The summed E-state index contributed by atoms with van der Waals surface area (Å²) in [5.74, 6) is 0.624. The van der Waals surface area contributed by atoms with Crippen LogP contribution in [0.4, 0.5) is 11.4 Å².